The van der Waals surface area contributed by atoms with E-state index >= 15 is 0 Å². The number of nitrogens with zero attached hydrogens (tertiary/aromatic N) is 2. The fourth-order valence-corrected chi connectivity index (χ4v) is 1.51. The van der Waals surface area contributed by atoms with E-state index in [1.807, 2.05) is 6.92 Å². The average molecular weight is 271 g/mol. The van der Waals surface area contributed by atoms with Crippen LogP contribution in [-0.2, 0) is 9.59 Å². The van der Waals surface area contributed by atoms with Gasteiger partial charge >= 0.3 is 12.0 Å². The van der Waals surface area contributed by atoms with Gasteiger partial charge < -0.3 is 20.6 Å². The van der Waals surface area contributed by atoms with Gasteiger partial charge in [0.15, 0.2) is 0 Å². The summed E-state index contributed by atoms with van der Waals surface area (Å²) in [5.74, 6) is -1.75. The third-order valence-corrected chi connectivity index (χ3v) is 2.34. The van der Waals surface area contributed by atoms with E-state index in [2.05, 4.69) is 6.58 Å². The minimum absolute atomic E-state index is 0.104. The molecule has 7 nitrogen and oxygen atoms in total. The van der Waals surface area contributed by atoms with E-state index in [0.717, 1.165) is 11.3 Å². The number of carbonyl (C=O) groups is 3. The lowest BCUT2D eigenvalue weighted by Crippen LogP contribution is -2.48. The monoisotopic (exact) mass is 271 g/mol. The molecular weight excluding hydrogens is 250 g/mol. The first-order valence-corrected chi connectivity index (χ1v) is 6.07. The molecule has 7 heteroatoms. The topological polar surface area (TPSA) is 104 Å². The Hall–Kier alpha value is -2.05. The number of carbonyl (C=O) groups excluding carboxylic acids is 2. The molecule has 0 aromatic rings. The Kier molecular flexibility index (Phi) is 7.99. The van der Waals surface area contributed by atoms with E-state index in [1.165, 1.54) is 11.0 Å². The summed E-state index contributed by atoms with van der Waals surface area (Å²) >= 11 is 0. The Morgan fingerprint density at radius 1 is 1.26 bits per heavy atom. The van der Waals surface area contributed by atoms with Gasteiger partial charge in [0.05, 0.1) is 0 Å². The van der Waals surface area contributed by atoms with Gasteiger partial charge in [-0.05, 0) is 6.42 Å². The zero-order valence-corrected chi connectivity index (χ0v) is 11.2. The minimum Gasteiger partial charge on any atom is -0.480 e. The quantitative estimate of drug-likeness (QED) is 0.587. The Morgan fingerprint density at radius 2 is 1.89 bits per heavy atom. The number of unbranched alkanes of at least 4 members (excludes halogenated alkanes) is 1. The van der Waals surface area contributed by atoms with Gasteiger partial charge in [-0.2, -0.15) is 0 Å². The molecule has 0 radical (unpaired) electrons. The predicted octanol–water partition coefficient (Wildman–Crippen LogP) is 0.266. The van der Waals surface area contributed by atoms with Crippen LogP contribution >= 0.6 is 0 Å². The van der Waals surface area contributed by atoms with Gasteiger partial charge in [-0.1, -0.05) is 19.4 Å². The molecule has 0 aromatic heterocycles. The van der Waals surface area contributed by atoms with E-state index in [-0.39, 0.29) is 13.1 Å². The summed E-state index contributed by atoms with van der Waals surface area (Å²) in [7, 11) is 0. The van der Waals surface area contributed by atoms with E-state index < -0.39 is 24.5 Å². The standard InChI is InChI=1S/C12H21N3O4/c1-3-5-7-15(8-10(13)16)12(19)14(6-4-2)9-11(17)18/h4H,2-3,5-9H2,1H3,(H2,13,16)(H,17,18). The largest absolute Gasteiger partial charge is 0.480 e. The first-order chi connectivity index (χ1) is 8.92. The molecule has 0 aliphatic rings. The van der Waals surface area contributed by atoms with Crippen LogP contribution in [0.1, 0.15) is 19.8 Å². The van der Waals surface area contributed by atoms with Crippen molar-refractivity contribution in [3.63, 3.8) is 0 Å². The third-order valence-electron chi connectivity index (χ3n) is 2.34. The summed E-state index contributed by atoms with van der Waals surface area (Å²) in [6, 6.07) is -0.519. The lowest BCUT2D eigenvalue weighted by atomic mass is 10.3. The second-order valence-electron chi connectivity index (χ2n) is 4.09. The number of rotatable bonds is 9. The number of carboxylic acid groups (broad SMARTS) is 1. The molecule has 0 aromatic carbocycles. The summed E-state index contributed by atoms with van der Waals surface area (Å²) in [6.45, 7) is 5.24. The Labute approximate surface area is 112 Å². The maximum absolute atomic E-state index is 12.1. The highest BCUT2D eigenvalue weighted by molar-refractivity contribution is 5.85. The highest BCUT2D eigenvalue weighted by Gasteiger charge is 2.22. The average Bonchev–Trinajstić information content (AvgIpc) is 2.32. The van der Waals surface area contributed by atoms with Gasteiger partial charge in [-0.3, -0.25) is 9.59 Å². The molecule has 0 saturated carbocycles. The number of primary amides is 1. The maximum atomic E-state index is 12.1. The highest BCUT2D eigenvalue weighted by atomic mass is 16.4. The molecule has 0 atom stereocenters. The van der Waals surface area contributed by atoms with Crippen molar-refractivity contribution < 1.29 is 19.5 Å². The SMILES string of the molecule is C=CCN(CC(=O)O)C(=O)N(CCCC)CC(N)=O. The number of carboxylic acids is 1. The molecule has 0 aliphatic carbocycles. The molecule has 0 unspecified atom stereocenters. The predicted molar refractivity (Wildman–Crippen MR) is 70.5 cm³/mol. The first kappa shape index (κ1) is 16.9. The summed E-state index contributed by atoms with van der Waals surface area (Å²) < 4.78 is 0. The van der Waals surface area contributed by atoms with Gasteiger partial charge in [0.25, 0.3) is 0 Å². The molecule has 3 N–H and O–H groups in total. The molecule has 19 heavy (non-hydrogen) atoms. The number of aliphatic carboxylic acids is 1. The van der Waals surface area contributed by atoms with Crippen LogP contribution in [0.3, 0.4) is 0 Å². The third kappa shape index (κ3) is 7.07. The van der Waals surface area contributed by atoms with Gasteiger partial charge in [0.2, 0.25) is 5.91 Å². The Morgan fingerprint density at radius 3 is 2.32 bits per heavy atom. The van der Waals surface area contributed by atoms with Crippen LogP contribution in [-0.4, -0.2) is 59.0 Å². The summed E-state index contributed by atoms with van der Waals surface area (Å²) in [6.07, 6.45) is 3.00. The zero-order valence-electron chi connectivity index (χ0n) is 11.2. The molecule has 3 amide bonds. The second kappa shape index (κ2) is 8.96. The van der Waals surface area contributed by atoms with Crippen LogP contribution in [0, 0.1) is 0 Å². The van der Waals surface area contributed by atoms with Crippen molar-refractivity contribution in [2.75, 3.05) is 26.2 Å². The Balaban J connectivity index is 4.81. The zero-order chi connectivity index (χ0) is 14.8. The lowest BCUT2D eigenvalue weighted by Gasteiger charge is -2.28. The minimum atomic E-state index is -1.12. The van der Waals surface area contributed by atoms with Gasteiger partial charge in [0, 0.05) is 13.1 Å². The van der Waals surface area contributed by atoms with Crippen molar-refractivity contribution in [3.8, 4) is 0 Å². The van der Waals surface area contributed by atoms with Crippen LogP contribution in [0.5, 0.6) is 0 Å². The van der Waals surface area contributed by atoms with E-state index in [4.69, 9.17) is 10.8 Å². The number of hydrogen-bond donors (Lipinski definition) is 2. The molecule has 108 valence electrons. The molecule has 0 aliphatic heterocycles. The van der Waals surface area contributed by atoms with Gasteiger partial charge in [0.1, 0.15) is 13.1 Å². The van der Waals surface area contributed by atoms with Crippen molar-refractivity contribution in [2.24, 2.45) is 5.73 Å². The molecule has 0 rings (SSSR count). The molecular formula is C12H21N3O4. The van der Waals surface area contributed by atoms with Crippen molar-refractivity contribution >= 4 is 17.9 Å². The summed E-state index contributed by atoms with van der Waals surface area (Å²) in [4.78, 5) is 36.2. The molecule has 0 heterocycles. The maximum Gasteiger partial charge on any atom is 0.323 e. The van der Waals surface area contributed by atoms with Crippen molar-refractivity contribution in [1.29, 1.82) is 0 Å². The Bertz CT molecular complexity index is 344. The molecule has 0 fully saturated rings. The van der Waals surface area contributed by atoms with Crippen molar-refractivity contribution in [2.45, 2.75) is 19.8 Å². The van der Waals surface area contributed by atoms with Crippen molar-refractivity contribution in [3.05, 3.63) is 12.7 Å². The van der Waals surface area contributed by atoms with E-state index in [9.17, 15) is 14.4 Å². The van der Waals surface area contributed by atoms with E-state index in [1.54, 1.807) is 0 Å². The summed E-state index contributed by atoms with van der Waals surface area (Å²) in [5.41, 5.74) is 5.09. The number of hydrogen-bond acceptors (Lipinski definition) is 3. The van der Waals surface area contributed by atoms with Crippen LogP contribution < -0.4 is 5.73 Å². The first-order valence-electron chi connectivity index (χ1n) is 6.07. The second-order valence-corrected chi connectivity index (χ2v) is 4.09. The lowest BCUT2D eigenvalue weighted by molar-refractivity contribution is -0.137. The molecule has 0 spiro atoms. The molecule has 0 saturated heterocycles. The van der Waals surface area contributed by atoms with Crippen LogP contribution in [0.15, 0.2) is 12.7 Å². The van der Waals surface area contributed by atoms with Crippen LogP contribution in [0.4, 0.5) is 4.79 Å². The molecule has 0 bridgehead atoms. The fraction of sp³-hybridized carbons (Fsp3) is 0.583. The van der Waals surface area contributed by atoms with Crippen molar-refractivity contribution in [1.82, 2.24) is 9.80 Å². The fourth-order valence-electron chi connectivity index (χ4n) is 1.51. The van der Waals surface area contributed by atoms with Gasteiger partial charge in [-0.25, -0.2) is 4.79 Å². The normalized spacial score (nSPS) is 9.74. The summed E-state index contributed by atoms with van der Waals surface area (Å²) in [5, 5.41) is 8.76. The number of nitrogens with two attached hydrogens (primary N) is 1. The number of amides is 3. The van der Waals surface area contributed by atoms with Gasteiger partial charge in [-0.15, -0.1) is 6.58 Å². The highest BCUT2D eigenvalue weighted by Crippen LogP contribution is 2.02. The van der Waals surface area contributed by atoms with Crippen LogP contribution in [0.2, 0.25) is 0 Å². The van der Waals surface area contributed by atoms with E-state index in [0.29, 0.717) is 13.0 Å². The van der Waals surface area contributed by atoms with Crippen LogP contribution in [0.25, 0.3) is 0 Å². The number of urea groups is 1. The smallest absolute Gasteiger partial charge is 0.323 e.